The van der Waals surface area contributed by atoms with Crippen molar-refractivity contribution in [3.63, 3.8) is 0 Å². The number of amides is 1. The molecule has 168 valence electrons. The molecule has 2 N–H and O–H groups in total. The number of furan rings is 1. The van der Waals surface area contributed by atoms with Crippen molar-refractivity contribution < 1.29 is 18.9 Å². The molecule has 0 fully saturated rings. The number of nitro benzene ring substituents is 1. The van der Waals surface area contributed by atoms with Crippen molar-refractivity contribution in [1.29, 1.82) is 0 Å². The third-order valence-electron chi connectivity index (χ3n) is 4.86. The molecule has 0 spiro atoms. The van der Waals surface area contributed by atoms with Gasteiger partial charge in [-0.25, -0.2) is 0 Å². The van der Waals surface area contributed by atoms with Gasteiger partial charge in [-0.05, 0) is 30.3 Å². The van der Waals surface area contributed by atoms with Crippen molar-refractivity contribution in [3.05, 3.63) is 87.9 Å². The molecule has 0 saturated carbocycles. The van der Waals surface area contributed by atoms with Crippen LogP contribution in [0.1, 0.15) is 21.7 Å². The van der Waals surface area contributed by atoms with Gasteiger partial charge in [0.25, 0.3) is 5.69 Å². The maximum Gasteiger partial charge on any atom is 0.274 e. The fourth-order valence-corrected chi connectivity index (χ4v) is 4.16. The summed E-state index contributed by atoms with van der Waals surface area (Å²) in [7, 11) is 1.59. The first-order valence-electron chi connectivity index (χ1n) is 9.76. The lowest BCUT2D eigenvalue weighted by atomic mass is 10.1. The molecule has 0 aliphatic heterocycles. The van der Waals surface area contributed by atoms with Crippen molar-refractivity contribution >= 4 is 23.4 Å². The molecule has 2 aromatic heterocycles. The van der Waals surface area contributed by atoms with Gasteiger partial charge in [0, 0.05) is 28.5 Å². The van der Waals surface area contributed by atoms with E-state index in [-0.39, 0.29) is 17.0 Å². The van der Waals surface area contributed by atoms with Gasteiger partial charge in [0.1, 0.15) is 11.5 Å². The maximum absolute atomic E-state index is 11.5. The number of carbonyl (C=O) groups excluding carboxylic acids is 1. The molecule has 0 saturated heterocycles. The Morgan fingerprint density at radius 2 is 2.06 bits per heavy atom. The summed E-state index contributed by atoms with van der Waals surface area (Å²) in [5.41, 5.74) is 6.40. The van der Waals surface area contributed by atoms with Gasteiger partial charge in [0.05, 0.1) is 24.8 Å². The normalized spacial score (nSPS) is 10.8. The van der Waals surface area contributed by atoms with E-state index in [0.29, 0.717) is 34.6 Å². The Balaban J connectivity index is 1.67. The van der Waals surface area contributed by atoms with Crippen LogP contribution in [0, 0.1) is 10.1 Å². The number of carbonyl (C=O) groups is 1. The lowest BCUT2D eigenvalue weighted by Gasteiger charge is -2.10. The summed E-state index contributed by atoms with van der Waals surface area (Å²) in [4.78, 5) is 22.4. The average Bonchev–Trinajstić information content (AvgIpc) is 3.48. The molecule has 2 aromatic carbocycles. The van der Waals surface area contributed by atoms with E-state index in [0.717, 1.165) is 5.56 Å². The summed E-state index contributed by atoms with van der Waals surface area (Å²) in [6.07, 6.45) is 1.58. The summed E-state index contributed by atoms with van der Waals surface area (Å²) in [6.45, 7) is 0.373. The minimum Gasteiger partial charge on any atom is -0.497 e. The number of hydrogen-bond acceptors (Lipinski definition) is 8. The lowest BCUT2D eigenvalue weighted by Crippen LogP contribution is -2.11. The molecule has 0 bridgehead atoms. The number of nitrogens with zero attached hydrogens (tertiary/aromatic N) is 4. The molecule has 0 unspecified atom stereocenters. The maximum atomic E-state index is 11.5. The van der Waals surface area contributed by atoms with Crippen LogP contribution in [-0.2, 0) is 12.3 Å². The first kappa shape index (κ1) is 22.1. The minimum atomic E-state index is -0.724. The van der Waals surface area contributed by atoms with Crippen LogP contribution in [0.2, 0.25) is 0 Å². The molecule has 2 heterocycles. The predicted octanol–water partition coefficient (Wildman–Crippen LogP) is 3.89. The molecule has 1 amide bonds. The highest BCUT2D eigenvalue weighted by Gasteiger charge is 2.20. The van der Waals surface area contributed by atoms with E-state index in [1.165, 1.54) is 30.0 Å². The van der Waals surface area contributed by atoms with Crippen molar-refractivity contribution in [1.82, 2.24) is 14.8 Å². The van der Waals surface area contributed by atoms with Crippen LogP contribution in [0.5, 0.6) is 5.75 Å². The molecule has 0 aliphatic rings. The zero-order valence-corrected chi connectivity index (χ0v) is 18.3. The van der Waals surface area contributed by atoms with Gasteiger partial charge in [-0.15, -0.1) is 10.2 Å². The molecule has 4 rings (SSSR count). The van der Waals surface area contributed by atoms with Gasteiger partial charge in [0.15, 0.2) is 11.0 Å². The van der Waals surface area contributed by atoms with E-state index >= 15 is 0 Å². The van der Waals surface area contributed by atoms with E-state index in [1.54, 1.807) is 19.4 Å². The second kappa shape index (κ2) is 9.57. The number of nitrogens with two attached hydrogens (primary N) is 1. The summed E-state index contributed by atoms with van der Waals surface area (Å²) in [5, 5.41) is 20.7. The smallest absolute Gasteiger partial charge is 0.274 e. The first-order valence-corrected chi connectivity index (χ1v) is 10.7. The van der Waals surface area contributed by atoms with E-state index in [4.69, 9.17) is 14.9 Å². The fraction of sp³-hybridized carbons (Fsp3) is 0.136. The number of ether oxygens (including phenoxy) is 1. The third-order valence-corrected chi connectivity index (χ3v) is 5.88. The van der Waals surface area contributed by atoms with Crippen LogP contribution >= 0.6 is 11.8 Å². The number of thioether (sulfide) groups is 1. The number of nitro groups is 1. The van der Waals surface area contributed by atoms with E-state index in [1.807, 2.05) is 34.9 Å². The van der Waals surface area contributed by atoms with Gasteiger partial charge in [-0.3, -0.25) is 19.5 Å². The van der Waals surface area contributed by atoms with Gasteiger partial charge in [-0.2, -0.15) is 0 Å². The molecule has 0 aliphatic carbocycles. The second-order valence-corrected chi connectivity index (χ2v) is 7.90. The molecule has 4 aromatic rings. The number of aromatic nitrogens is 3. The summed E-state index contributed by atoms with van der Waals surface area (Å²) >= 11 is 1.29. The Hall–Kier alpha value is -4.12. The molecule has 0 atom stereocenters. The Kier molecular flexibility index (Phi) is 6.41. The zero-order valence-electron chi connectivity index (χ0n) is 17.5. The number of primary amides is 1. The van der Waals surface area contributed by atoms with Crippen molar-refractivity contribution in [3.8, 4) is 17.1 Å². The van der Waals surface area contributed by atoms with Gasteiger partial charge in [-0.1, -0.05) is 30.0 Å². The topological polar surface area (TPSA) is 139 Å². The van der Waals surface area contributed by atoms with Crippen LogP contribution < -0.4 is 10.5 Å². The number of methoxy groups -OCH3 is 1. The molecule has 33 heavy (non-hydrogen) atoms. The number of hydrogen-bond donors (Lipinski definition) is 1. The zero-order chi connectivity index (χ0) is 23.4. The van der Waals surface area contributed by atoms with Crippen molar-refractivity contribution in [2.45, 2.75) is 17.5 Å². The van der Waals surface area contributed by atoms with Gasteiger partial charge in [0.2, 0.25) is 5.91 Å². The summed E-state index contributed by atoms with van der Waals surface area (Å²) in [6, 6.07) is 15.3. The van der Waals surface area contributed by atoms with Gasteiger partial charge < -0.3 is 14.9 Å². The van der Waals surface area contributed by atoms with Gasteiger partial charge >= 0.3 is 0 Å². The molecular weight excluding hydrogens is 446 g/mol. The van der Waals surface area contributed by atoms with E-state index < -0.39 is 10.8 Å². The highest BCUT2D eigenvalue weighted by molar-refractivity contribution is 7.98. The number of rotatable bonds is 9. The first-order chi connectivity index (χ1) is 16.0. The molecular formula is C22H19N5O5S. The monoisotopic (exact) mass is 465 g/mol. The van der Waals surface area contributed by atoms with E-state index in [9.17, 15) is 14.9 Å². The van der Waals surface area contributed by atoms with Crippen molar-refractivity contribution in [2.75, 3.05) is 7.11 Å². The highest BCUT2D eigenvalue weighted by Crippen LogP contribution is 2.31. The van der Waals surface area contributed by atoms with Crippen LogP contribution in [0.25, 0.3) is 11.4 Å². The fourth-order valence-electron chi connectivity index (χ4n) is 3.22. The largest absolute Gasteiger partial charge is 0.497 e. The minimum absolute atomic E-state index is 0.0803. The second-order valence-electron chi connectivity index (χ2n) is 6.96. The van der Waals surface area contributed by atoms with E-state index in [2.05, 4.69) is 10.2 Å². The Morgan fingerprint density at radius 3 is 2.76 bits per heavy atom. The Bertz CT molecular complexity index is 1300. The summed E-state index contributed by atoms with van der Waals surface area (Å²) in [5.74, 6) is 1.51. The lowest BCUT2D eigenvalue weighted by molar-refractivity contribution is -0.385. The highest BCUT2D eigenvalue weighted by atomic mass is 32.2. The predicted molar refractivity (Wildman–Crippen MR) is 121 cm³/mol. The van der Waals surface area contributed by atoms with Crippen LogP contribution in [0.3, 0.4) is 0 Å². The van der Waals surface area contributed by atoms with Crippen LogP contribution in [0.4, 0.5) is 5.69 Å². The molecule has 0 radical (unpaired) electrons. The summed E-state index contributed by atoms with van der Waals surface area (Å²) < 4.78 is 12.7. The Morgan fingerprint density at radius 1 is 1.21 bits per heavy atom. The average molecular weight is 465 g/mol. The third kappa shape index (κ3) is 4.88. The van der Waals surface area contributed by atoms with Crippen molar-refractivity contribution in [2.24, 2.45) is 5.73 Å². The van der Waals surface area contributed by atoms with Crippen LogP contribution in [-0.4, -0.2) is 32.7 Å². The number of benzene rings is 2. The standard InChI is InChI=1S/C22H19N5O5S/c1-31-17-5-2-4-15(10-17)21-24-25-22(26(21)12-18-6-3-9-32-18)33-13-16-8-7-14(20(23)28)11-19(16)27(29)30/h2-11H,12-13H2,1H3,(H2,23,28). The quantitative estimate of drug-likeness (QED) is 0.223. The SMILES string of the molecule is COc1cccc(-c2nnc(SCc3ccc(C(N)=O)cc3[N+](=O)[O-])n2Cc2ccco2)c1. The Labute approximate surface area is 192 Å². The van der Waals surface area contributed by atoms with Crippen LogP contribution in [0.15, 0.2) is 70.4 Å². The molecule has 11 heteroatoms. The molecule has 10 nitrogen and oxygen atoms in total.